The number of aryl methyl sites for hydroxylation is 2. The first kappa shape index (κ1) is 19.8. The van der Waals surface area contributed by atoms with E-state index in [1.54, 1.807) is 6.26 Å². The Bertz CT molecular complexity index is 1150. The Morgan fingerprint density at radius 3 is 2.81 bits per heavy atom. The number of carbonyl (C=O) groups is 2. The Kier molecular flexibility index (Phi) is 5.24. The average molecular weight is 418 g/mol. The van der Waals surface area contributed by atoms with Crippen molar-refractivity contribution in [3.8, 4) is 0 Å². The van der Waals surface area contributed by atoms with E-state index in [1.807, 2.05) is 24.3 Å². The molecule has 1 aliphatic heterocycles. The Morgan fingerprint density at radius 1 is 1.13 bits per heavy atom. The SMILES string of the molecule is NC(=O)[C@@H]1CCCN1Cc1cccc(NC(=O)Cc2coc3cc4c(cc23)CCC4)c1. The third-order valence-electron chi connectivity index (χ3n) is 6.51. The second-order valence-electron chi connectivity index (χ2n) is 8.69. The van der Waals surface area contributed by atoms with Crippen LogP contribution in [0, 0.1) is 0 Å². The fourth-order valence-electron chi connectivity index (χ4n) is 4.98. The van der Waals surface area contributed by atoms with Crippen molar-refractivity contribution in [2.45, 2.75) is 51.1 Å². The van der Waals surface area contributed by atoms with E-state index in [9.17, 15) is 9.59 Å². The minimum absolute atomic E-state index is 0.0727. The van der Waals surface area contributed by atoms with Gasteiger partial charge in [0.25, 0.3) is 0 Å². The number of likely N-dealkylation sites (tertiary alicyclic amines) is 1. The predicted octanol–water partition coefficient (Wildman–Crippen LogP) is 3.55. The summed E-state index contributed by atoms with van der Waals surface area (Å²) in [6.45, 7) is 1.51. The molecule has 2 aromatic carbocycles. The molecule has 2 heterocycles. The van der Waals surface area contributed by atoms with Crippen LogP contribution >= 0.6 is 0 Å². The molecular formula is C25H27N3O3. The molecule has 1 atom stereocenters. The van der Waals surface area contributed by atoms with Crippen molar-refractivity contribution < 1.29 is 14.0 Å². The Morgan fingerprint density at radius 2 is 1.97 bits per heavy atom. The summed E-state index contributed by atoms with van der Waals surface area (Å²) in [5.41, 5.74) is 11.9. The molecule has 1 fully saturated rings. The second kappa shape index (κ2) is 8.19. The van der Waals surface area contributed by atoms with Gasteiger partial charge in [0.15, 0.2) is 0 Å². The molecule has 0 spiro atoms. The number of primary amides is 1. The van der Waals surface area contributed by atoms with Crippen LogP contribution in [-0.4, -0.2) is 29.3 Å². The number of amides is 2. The van der Waals surface area contributed by atoms with Gasteiger partial charge >= 0.3 is 0 Å². The monoisotopic (exact) mass is 417 g/mol. The number of nitrogens with two attached hydrogens (primary N) is 1. The summed E-state index contributed by atoms with van der Waals surface area (Å²) >= 11 is 0. The number of nitrogens with one attached hydrogen (secondary N) is 1. The molecule has 3 N–H and O–H groups in total. The van der Waals surface area contributed by atoms with E-state index in [0.717, 1.165) is 60.0 Å². The van der Waals surface area contributed by atoms with Crippen molar-refractivity contribution in [3.05, 3.63) is 64.9 Å². The number of fused-ring (bicyclic) bond motifs is 2. The van der Waals surface area contributed by atoms with Crippen molar-refractivity contribution in [1.29, 1.82) is 0 Å². The zero-order chi connectivity index (χ0) is 21.4. The number of carbonyl (C=O) groups excluding carboxylic acids is 2. The molecule has 0 unspecified atom stereocenters. The lowest BCUT2D eigenvalue weighted by Gasteiger charge is -2.22. The minimum Gasteiger partial charge on any atom is -0.464 e. The second-order valence-corrected chi connectivity index (χ2v) is 8.69. The van der Waals surface area contributed by atoms with E-state index in [2.05, 4.69) is 22.3 Å². The summed E-state index contributed by atoms with van der Waals surface area (Å²) in [4.78, 5) is 26.5. The van der Waals surface area contributed by atoms with Crippen LogP contribution in [0.2, 0.25) is 0 Å². The van der Waals surface area contributed by atoms with Crippen LogP contribution in [-0.2, 0) is 35.4 Å². The van der Waals surface area contributed by atoms with Gasteiger partial charge in [-0.25, -0.2) is 0 Å². The van der Waals surface area contributed by atoms with Gasteiger partial charge in [-0.15, -0.1) is 0 Å². The van der Waals surface area contributed by atoms with Crippen LogP contribution in [0.5, 0.6) is 0 Å². The number of hydrogen-bond acceptors (Lipinski definition) is 4. The van der Waals surface area contributed by atoms with Crippen molar-refractivity contribution >= 4 is 28.5 Å². The van der Waals surface area contributed by atoms with E-state index >= 15 is 0 Å². The number of anilines is 1. The van der Waals surface area contributed by atoms with Crippen molar-refractivity contribution in [1.82, 2.24) is 4.90 Å². The maximum Gasteiger partial charge on any atom is 0.234 e. The average Bonchev–Trinajstić information content (AvgIpc) is 3.47. The molecule has 1 aromatic heterocycles. The standard InChI is InChI=1S/C25H27N3O3/c26-25(30)22-8-3-9-28(22)14-16-4-1-7-20(10-16)27-24(29)13-19-15-31-23-12-18-6-2-5-17(18)11-21(19)23/h1,4,7,10-12,15,22H,2-3,5-6,8-9,13-14H2,(H2,26,30)(H,27,29)/t22-/m0/s1. The molecule has 2 aliphatic rings. The lowest BCUT2D eigenvalue weighted by Crippen LogP contribution is -2.39. The summed E-state index contributed by atoms with van der Waals surface area (Å²) < 4.78 is 5.72. The minimum atomic E-state index is -0.264. The summed E-state index contributed by atoms with van der Waals surface area (Å²) in [7, 11) is 0. The quantitative estimate of drug-likeness (QED) is 0.642. The van der Waals surface area contributed by atoms with Gasteiger partial charge in [-0.05, 0) is 79.6 Å². The molecule has 31 heavy (non-hydrogen) atoms. The highest BCUT2D eigenvalue weighted by atomic mass is 16.3. The number of hydrogen-bond donors (Lipinski definition) is 2. The van der Waals surface area contributed by atoms with Crippen LogP contribution in [0.15, 0.2) is 47.1 Å². The lowest BCUT2D eigenvalue weighted by atomic mass is 10.0. The molecule has 6 heteroatoms. The number of furan rings is 1. The fraction of sp³-hybridized carbons (Fsp3) is 0.360. The van der Waals surface area contributed by atoms with Crippen LogP contribution in [0.4, 0.5) is 5.69 Å². The molecule has 2 amide bonds. The highest BCUT2D eigenvalue weighted by molar-refractivity contribution is 5.95. The van der Waals surface area contributed by atoms with Crippen LogP contribution in [0.1, 0.15) is 41.5 Å². The van der Waals surface area contributed by atoms with Gasteiger partial charge in [0, 0.05) is 23.2 Å². The van der Waals surface area contributed by atoms with Gasteiger partial charge < -0.3 is 15.5 Å². The molecule has 1 saturated heterocycles. The van der Waals surface area contributed by atoms with E-state index in [0.29, 0.717) is 6.54 Å². The molecule has 6 nitrogen and oxygen atoms in total. The molecule has 3 aromatic rings. The summed E-state index contributed by atoms with van der Waals surface area (Å²) in [6, 6.07) is 11.9. The maximum absolute atomic E-state index is 12.7. The Balaban J connectivity index is 1.26. The highest BCUT2D eigenvalue weighted by Gasteiger charge is 2.28. The van der Waals surface area contributed by atoms with Crippen molar-refractivity contribution in [3.63, 3.8) is 0 Å². The van der Waals surface area contributed by atoms with Crippen molar-refractivity contribution in [2.75, 3.05) is 11.9 Å². The summed E-state index contributed by atoms with van der Waals surface area (Å²) in [6.07, 6.45) is 7.16. The maximum atomic E-state index is 12.7. The van der Waals surface area contributed by atoms with Gasteiger partial charge in [-0.2, -0.15) is 0 Å². The Hall–Kier alpha value is -3.12. The predicted molar refractivity (Wildman–Crippen MR) is 120 cm³/mol. The zero-order valence-corrected chi connectivity index (χ0v) is 17.5. The van der Waals surface area contributed by atoms with E-state index in [4.69, 9.17) is 10.2 Å². The van der Waals surface area contributed by atoms with Gasteiger partial charge in [-0.1, -0.05) is 12.1 Å². The van der Waals surface area contributed by atoms with Gasteiger partial charge in [0.1, 0.15) is 5.58 Å². The first-order valence-corrected chi connectivity index (χ1v) is 11.0. The largest absolute Gasteiger partial charge is 0.464 e. The highest BCUT2D eigenvalue weighted by Crippen LogP contribution is 2.30. The van der Waals surface area contributed by atoms with Crippen molar-refractivity contribution in [2.24, 2.45) is 5.73 Å². The Labute approximate surface area is 181 Å². The normalized spacial score (nSPS) is 18.4. The number of nitrogens with zero attached hydrogens (tertiary/aromatic N) is 1. The van der Waals surface area contributed by atoms with E-state index < -0.39 is 0 Å². The third-order valence-corrected chi connectivity index (χ3v) is 6.51. The molecule has 160 valence electrons. The fourth-order valence-corrected chi connectivity index (χ4v) is 4.98. The van der Waals surface area contributed by atoms with Crippen LogP contribution in [0.25, 0.3) is 11.0 Å². The van der Waals surface area contributed by atoms with E-state index in [-0.39, 0.29) is 24.3 Å². The van der Waals surface area contributed by atoms with Crippen LogP contribution in [0.3, 0.4) is 0 Å². The molecule has 5 rings (SSSR count). The van der Waals surface area contributed by atoms with Gasteiger partial charge in [-0.3, -0.25) is 14.5 Å². The lowest BCUT2D eigenvalue weighted by molar-refractivity contribution is -0.122. The van der Waals surface area contributed by atoms with Crippen LogP contribution < -0.4 is 11.1 Å². The molecule has 1 aliphatic carbocycles. The number of benzene rings is 2. The molecular weight excluding hydrogens is 390 g/mol. The third kappa shape index (κ3) is 4.08. The topological polar surface area (TPSA) is 88.6 Å². The number of rotatable bonds is 6. The first-order chi connectivity index (χ1) is 15.1. The first-order valence-electron chi connectivity index (χ1n) is 11.0. The van der Waals surface area contributed by atoms with Gasteiger partial charge in [0.05, 0.1) is 18.7 Å². The summed E-state index contributed by atoms with van der Waals surface area (Å²) in [5, 5.41) is 4.04. The molecule has 0 radical (unpaired) electrons. The molecule has 0 saturated carbocycles. The smallest absolute Gasteiger partial charge is 0.234 e. The van der Waals surface area contributed by atoms with E-state index in [1.165, 1.54) is 17.5 Å². The zero-order valence-electron chi connectivity index (χ0n) is 17.5. The molecule has 0 bridgehead atoms. The van der Waals surface area contributed by atoms with Gasteiger partial charge in [0.2, 0.25) is 11.8 Å². The summed E-state index contributed by atoms with van der Waals surface area (Å²) in [5.74, 6) is -0.337.